The van der Waals surface area contributed by atoms with E-state index in [1.807, 2.05) is 12.1 Å². The molecule has 0 fully saturated rings. The van der Waals surface area contributed by atoms with Gasteiger partial charge in [-0.25, -0.2) is 0 Å². The molecular formula is C19H26NO+. The van der Waals surface area contributed by atoms with E-state index in [2.05, 4.69) is 44.3 Å². The maximum absolute atomic E-state index is 9.30. The van der Waals surface area contributed by atoms with Crippen molar-refractivity contribution in [1.29, 1.82) is 0 Å². The van der Waals surface area contributed by atoms with Gasteiger partial charge in [0.2, 0.25) is 0 Å². The van der Waals surface area contributed by atoms with E-state index in [4.69, 9.17) is 0 Å². The monoisotopic (exact) mass is 284 g/mol. The molecule has 0 aromatic heterocycles. The Bertz CT molecular complexity index is 521. The highest BCUT2D eigenvalue weighted by Crippen LogP contribution is 2.11. The fourth-order valence-electron chi connectivity index (χ4n) is 2.52. The largest absolute Gasteiger partial charge is 0.508 e. The molecule has 2 nitrogen and oxygen atoms in total. The van der Waals surface area contributed by atoms with Crippen LogP contribution < -0.4 is 4.90 Å². The maximum atomic E-state index is 9.30. The molecule has 0 radical (unpaired) electrons. The Kier molecular flexibility index (Phi) is 5.82. The summed E-state index contributed by atoms with van der Waals surface area (Å²) in [5.74, 6) is 0.345. The van der Waals surface area contributed by atoms with Crippen LogP contribution in [0.25, 0.3) is 0 Å². The lowest BCUT2D eigenvalue weighted by Gasteiger charge is -2.22. The second-order valence-electron chi connectivity index (χ2n) is 5.94. The van der Waals surface area contributed by atoms with Crippen molar-refractivity contribution < 1.29 is 10.0 Å². The highest BCUT2D eigenvalue weighted by Gasteiger charge is 2.12. The third kappa shape index (κ3) is 5.24. The first-order chi connectivity index (χ1) is 10.1. The first kappa shape index (κ1) is 15.6. The predicted molar refractivity (Wildman–Crippen MR) is 87.8 cm³/mol. The summed E-state index contributed by atoms with van der Waals surface area (Å²) in [4.78, 5) is 1.58. The van der Waals surface area contributed by atoms with Crippen molar-refractivity contribution in [1.82, 2.24) is 0 Å². The van der Waals surface area contributed by atoms with E-state index in [-0.39, 0.29) is 0 Å². The number of rotatable bonds is 7. The van der Waals surface area contributed by atoms with E-state index >= 15 is 0 Å². The number of aryl methyl sites for hydroxylation is 1. The van der Waals surface area contributed by atoms with E-state index in [9.17, 15) is 5.11 Å². The molecule has 0 saturated carbocycles. The zero-order chi connectivity index (χ0) is 15.1. The van der Waals surface area contributed by atoms with Crippen LogP contribution in [-0.2, 0) is 12.8 Å². The number of hydrogen-bond acceptors (Lipinski definition) is 1. The molecule has 0 spiro atoms. The van der Waals surface area contributed by atoms with Gasteiger partial charge in [0.15, 0.2) is 0 Å². The van der Waals surface area contributed by atoms with Gasteiger partial charge in [0.25, 0.3) is 0 Å². The van der Waals surface area contributed by atoms with Crippen LogP contribution in [0, 0.1) is 0 Å². The van der Waals surface area contributed by atoms with Gasteiger partial charge in [-0.1, -0.05) is 42.5 Å². The summed E-state index contributed by atoms with van der Waals surface area (Å²) >= 11 is 0. The van der Waals surface area contributed by atoms with Gasteiger partial charge in [-0.15, -0.1) is 0 Å². The summed E-state index contributed by atoms with van der Waals surface area (Å²) in [6.45, 7) is 3.49. The second-order valence-corrected chi connectivity index (χ2v) is 5.94. The highest BCUT2D eigenvalue weighted by atomic mass is 16.3. The molecule has 0 amide bonds. The minimum Gasteiger partial charge on any atom is -0.508 e. The van der Waals surface area contributed by atoms with E-state index in [0.717, 1.165) is 12.8 Å². The van der Waals surface area contributed by atoms with Crippen LogP contribution in [-0.4, -0.2) is 24.7 Å². The standard InChI is InChI=1S/C19H25NO/c1-16(8-9-18-10-12-19(21)13-11-18)20(2)15-14-17-6-4-3-5-7-17/h3-7,10-13,16,21H,8-9,14-15H2,1-2H3/p+1/t16-/m0/s1. The van der Waals surface area contributed by atoms with Crippen molar-refractivity contribution in [3.63, 3.8) is 0 Å². The fourth-order valence-corrected chi connectivity index (χ4v) is 2.52. The van der Waals surface area contributed by atoms with Gasteiger partial charge < -0.3 is 10.0 Å². The number of likely N-dealkylation sites (N-methyl/N-ethyl adjacent to an activating group) is 1. The number of quaternary nitrogens is 1. The van der Waals surface area contributed by atoms with Gasteiger partial charge in [0, 0.05) is 12.8 Å². The van der Waals surface area contributed by atoms with Crippen molar-refractivity contribution in [2.45, 2.75) is 32.2 Å². The van der Waals surface area contributed by atoms with Gasteiger partial charge in [0.1, 0.15) is 5.75 Å². The predicted octanol–water partition coefficient (Wildman–Crippen LogP) is 2.47. The maximum Gasteiger partial charge on any atom is 0.115 e. The molecule has 2 N–H and O–H groups in total. The van der Waals surface area contributed by atoms with Crippen molar-refractivity contribution in [2.24, 2.45) is 0 Å². The molecule has 2 heteroatoms. The lowest BCUT2D eigenvalue weighted by Crippen LogP contribution is -3.12. The molecule has 21 heavy (non-hydrogen) atoms. The molecule has 0 heterocycles. The smallest absolute Gasteiger partial charge is 0.115 e. The Balaban J connectivity index is 1.74. The molecule has 0 bridgehead atoms. The lowest BCUT2D eigenvalue weighted by molar-refractivity contribution is -0.904. The molecule has 2 aromatic rings. The fraction of sp³-hybridized carbons (Fsp3) is 0.368. The van der Waals surface area contributed by atoms with E-state index in [0.29, 0.717) is 11.8 Å². The van der Waals surface area contributed by atoms with Crippen LogP contribution >= 0.6 is 0 Å². The summed E-state index contributed by atoms with van der Waals surface area (Å²) in [5.41, 5.74) is 2.72. The van der Waals surface area contributed by atoms with Crippen LogP contribution in [0.2, 0.25) is 0 Å². The van der Waals surface area contributed by atoms with Crippen LogP contribution in [0.15, 0.2) is 54.6 Å². The Hall–Kier alpha value is -1.80. The topological polar surface area (TPSA) is 24.7 Å². The first-order valence-corrected chi connectivity index (χ1v) is 7.79. The zero-order valence-electron chi connectivity index (χ0n) is 13.0. The van der Waals surface area contributed by atoms with Gasteiger partial charge in [0.05, 0.1) is 19.6 Å². The number of aromatic hydroxyl groups is 1. The molecule has 0 aliphatic rings. The van der Waals surface area contributed by atoms with Gasteiger partial charge in [-0.05, 0) is 36.6 Å². The molecule has 0 aliphatic carbocycles. The van der Waals surface area contributed by atoms with Crippen molar-refractivity contribution in [3.8, 4) is 5.75 Å². The summed E-state index contributed by atoms with van der Waals surface area (Å²) < 4.78 is 0. The van der Waals surface area contributed by atoms with E-state index in [1.165, 1.54) is 24.1 Å². The van der Waals surface area contributed by atoms with Gasteiger partial charge in [-0.2, -0.15) is 0 Å². The average Bonchev–Trinajstić information content (AvgIpc) is 2.52. The molecule has 2 atom stereocenters. The van der Waals surface area contributed by atoms with Gasteiger partial charge >= 0.3 is 0 Å². The third-order valence-corrected chi connectivity index (χ3v) is 4.29. The normalized spacial score (nSPS) is 13.8. The van der Waals surface area contributed by atoms with Crippen molar-refractivity contribution in [3.05, 3.63) is 65.7 Å². The molecule has 0 saturated heterocycles. The van der Waals surface area contributed by atoms with Crippen LogP contribution in [0.3, 0.4) is 0 Å². The van der Waals surface area contributed by atoms with Crippen LogP contribution in [0.5, 0.6) is 5.75 Å². The summed E-state index contributed by atoms with van der Waals surface area (Å²) in [6.07, 6.45) is 3.38. The summed E-state index contributed by atoms with van der Waals surface area (Å²) in [5, 5.41) is 9.30. The molecule has 112 valence electrons. The lowest BCUT2D eigenvalue weighted by atomic mass is 10.0. The minimum atomic E-state index is 0.345. The molecule has 2 rings (SSSR count). The van der Waals surface area contributed by atoms with Crippen molar-refractivity contribution in [2.75, 3.05) is 13.6 Å². The quantitative estimate of drug-likeness (QED) is 0.802. The third-order valence-electron chi connectivity index (χ3n) is 4.29. The Labute approximate surface area is 128 Å². The Morgan fingerprint density at radius 2 is 1.52 bits per heavy atom. The van der Waals surface area contributed by atoms with Crippen LogP contribution in [0.1, 0.15) is 24.5 Å². The first-order valence-electron chi connectivity index (χ1n) is 7.79. The van der Waals surface area contributed by atoms with Gasteiger partial charge in [-0.3, -0.25) is 0 Å². The average molecular weight is 284 g/mol. The molecule has 2 aromatic carbocycles. The number of phenolic OH excluding ortho intramolecular Hbond substituents is 1. The molecule has 0 aliphatic heterocycles. The SMILES string of the molecule is C[C@@H](CCc1ccc(O)cc1)[NH+](C)CCc1ccccc1. The molecular weight excluding hydrogens is 258 g/mol. The minimum absolute atomic E-state index is 0.345. The number of nitrogens with one attached hydrogen (secondary N) is 1. The van der Waals surface area contributed by atoms with E-state index in [1.54, 1.807) is 17.0 Å². The summed E-state index contributed by atoms with van der Waals surface area (Å²) in [6, 6.07) is 18.9. The zero-order valence-corrected chi connectivity index (χ0v) is 13.0. The number of hydrogen-bond donors (Lipinski definition) is 2. The number of phenols is 1. The second kappa shape index (κ2) is 7.84. The van der Waals surface area contributed by atoms with E-state index < -0.39 is 0 Å². The highest BCUT2D eigenvalue weighted by molar-refractivity contribution is 5.25. The Morgan fingerprint density at radius 3 is 2.19 bits per heavy atom. The molecule has 1 unspecified atom stereocenters. The van der Waals surface area contributed by atoms with Crippen LogP contribution in [0.4, 0.5) is 0 Å². The summed E-state index contributed by atoms with van der Waals surface area (Å²) in [7, 11) is 2.28. The van der Waals surface area contributed by atoms with Crippen molar-refractivity contribution >= 4 is 0 Å². The Morgan fingerprint density at radius 1 is 0.905 bits per heavy atom. The number of benzene rings is 2.